The maximum atomic E-state index is 10.6. The molecular weight excluding hydrogens is 234 g/mol. The van der Waals surface area contributed by atoms with Gasteiger partial charge in [-0.15, -0.1) is 0 Å². The zero-order valence-electron chi connectivity index (χ0n) is 10.4. The van der Waals surface area contributed by atoms with Gasteiger partial charge in [0.05, 0.1) is 12.5 Å². The Morgan fingerprint density at radius 1 is 1.33 bits per heavy atom. The molecule has 2 rings (SSSR count). The molecule has 1 aliphatic heterocycles. The SMILES string of the molecule is CC[NH+](CC(=O)[O-])Cc1ccc2c(c1)OCCO2. The van der Waals surface area contributed by atoms with E-state index in [-0.39, 0.29) is 6.54 Å². The van der Waals surface area contributed by atoms with Crippen LogP contribution in [0.25, 0.3) is 0 Å². The first-order chi connectivity index (χ1) is 8.69. The Bertz CT molecular complexity index is 433. The number of likely N-dealkylation sites (N-methyl/N-ethyl adjacent to an activating group) is 1. The summed E-state index contributed by atoms with van der Waals surface area (Å²) in [7, 11) is 0. The van der Waals surface area contributed by atoms with E-state index in [1.54, 1.807) is 0 Å². The molecule has 1 unspecified atom stereocenters. The monoisotopic (exact) mass is 251 g/mol. The number of aliphatic carboxylic acids is 1. The van der Waals surface area contributed by atoms with Crippen LogP contribution in [0.2, 0.25) is 0 Å². The second-order valence-electron chi connectivity index (χ2n) is 4.31. The van der Waals surface area contributed by atoms with E-state index in [1.165, 1.54) is 0 Å². The molecule has 0 amide bonds. The van der Waals surface area contributed by atoms with Crippen molar-refractivity contribution in [1.82, 2.24) is 0 Å². The van der Waals surface area contributed by atoms with Gasteiger partial charge in [0.15, 0.2) is 11.5 Å². The Kier molecular flexibility index (Phi) is 4.04. The van der Waals surface area contributed by atoms with Crippen LogP contribution < -0.4 is 19.5 Å². The van der Waals surface area contributed by atoms with E-state index in [2.05, 4.69) is 0 Å². The maximum absolute atomic E-state index is 10.6. The standard InChI is InChI=1S/C13H17NO4/c1-2-14(9-13(15)16)8-10-3-4-11-12(7-10)18-6-5-17-11/h3-4,7H,2,5-6,8-9H2,1H3,(H,15,16). The molecule has 1 heterocycles. The third kappa shape index (κ3) is 3.13. The van der Waals surface area contributed by atoms with E-state index >= 15 is 0 Å². The van der Waals surface area contributed by atoms with Crippen LogP contribution in [-0.2, 0) is 11.3 Å². The molecule has 5 heteroatoms. The fourth-order valence-corrected chi connectivity index (χ4v) is 2.00. The van der Waals surface area contributed by atoms with Gasteiger partial charge in [-0.2, -0.15) is 0 Å². The van der Waals surface area contributed by atoms with Gasteiger partial charge >= 0.3 is 0 Å². The van der Waals surface area contributed by atoms with Crippen molar-refractivity contribution in [3.63, 3.8) is 0 Å². The third-order valence-corrected chi connectivity index (χ3v) is 2.96. The van der Waals surface area contributed by atoms with Crippen molar-refractivity contribution in [2.24, 2.45) is 0 Å². The minimum Gasteiger partial charge on any atom is -0.544 e. The number of carboxylic acid groups (broad SMARTS) is 1. The number of carbonyl (C=O) groups is 1. The summed E-state index contributed by atoms with van der Waals surface area (Å²) >= 11 is 0. The van der Waals surface area contributed by atoms with Crippen molar-refractivity contribution in [2.75, 3.05) is 26.3 Å². The summed E-state index contributed by atoms with van der Waals surface area (Å²) in [4.78, 5) is 11.6. The van der Waals surface area contributed by atoms with E-state index in [9.17, 15) is 9.90 Å². The van der Waals surface area contributed by atoms with Gasteiger partial charge in [-0.3, -0.25) is 0 Å². The topological polar surface area (TPSA) is 63.0 Å². The number of ether oxygens (including phenoxy) is 2. The molecule has 0 bridgehead atoms. The normalized spacial score (nSPS) is 15.2. The lowest BCUT2D eigenvalue weighted by atomic mass is 10.2. The zero-order valence-corrected chi connectivity index (χ0v) is 10.4. The summed E-state index contributed by atoms with van der Waals surface area (Å²) in [5.74, 6) is 0.468. The van der Waals surface area contributed by atoms with Gasteiger partial charge in [-0.1, -0.05) is 0 Å². The number of rotatable bonds is 5. The molecule has 0 radical (unpaired) electrons. The molecule has 0 saturated carbocycles. The maximum Gasteiger partial charge on any atom is 0.161 e. The minimum absolute atomic E-state index is 0.0188. The van der Waals surface area contributed by atoms with Gasteiger partial charge in [0.25, 0.3) is 0 Å². The summed E-state index contributed by atoms with van der Waals surface area (Å²) in [6, 6.07) is 5.73. The first-order valence-corrected chi connectivity index (χ1v) is 6.11. The number of benzene rings is 1. The number of nitrogens with one attached hydrogen (secondary N) is 1. The van der Waals surface area contributed by atoms with Crippen LogP contribution in [0, 0.1) is 0 Å². The fraction of sp³-hybridized carbons (Fsp3) is 0.462. The molecule has 1 aromatic carbocycles. The van der Waals surface area contributed by atoms with E-state index < -0.39 is 5.97 Å². The molecule has 0 fully saturated rings. The zero-order chi connectivity index (χ0) is 13.0. The van der Waals surface area contributed by atoms with Crippen LogP contribution in [0.15, 0.2) is 18.2 Å². The molecule has 0 aliphatic carbocycles. The average molecular weight is 251 g/mol. The Hall–Kier alpha value is -1.75. The summed E-state index contributed by atoms with van der Waals surface area (Å²) in [6.07, 6.45) is 0. The van der Waals surface area contributed by atoms with Crippen LogP contribution in [-0.4, -0.2) is 32.3 Å². The number of fused-ring (bicyclic) bond motifs is 1. The summed E-state index contributed by atoms with van der Waals surface area (Å²) in [5, 5.41) is 10.6. The molecular formula is C13H17NO4. The van der Waals surface area contributed by atoms with Gasteiger partial charge in [0, 0.05) is 5.56 Å². The highest BCUT2D eigenvalue weighted by molar-refractivity contribution is 5.65. The Labute approximate surface area is 106 Å². The lowest BCUT2D eigenvalue weighted by Crippen LogP contribution is -3.11. The second kappa shape index (κ2) is 5.73. The highest BCUT2D eigenvalue weighted by Crippen LogP contribution is 2.30. The van der Waals surface area contributed by atoms with Gasteiger partial charge in [-0.25, -0.2) is 0 Å². The summed E-state index contributed by atoms with van der Waals surface area (Å²) in [6.45, 7) is 4.48. The first-order valence-electron chi connectivity index (χ1n) is 6.11. The molecule has 0 aromatic heterocycles. The average Bonchev–Trinajstić information content (AvgIpc) is 2.37. The molecule has 1 aliphatic rings. The van der Waals surface area contributed by atoms with Gasteiger partial charge in [0.1, 0.15) is 26.3 Å². The number of quaternary nitrogens is 1. The predicted molar refractivity (Wildman–Crippen MR) is 62.5 cm³/mol. The molecule has 0 spiro atoms. The second-order valence-corrected chi connectivity index (χ2v) is 4.31. The summed E-state index contributed by atoms with van der Waals surface area (Å²) in [5.41, 5.74) is 1.04. The van der Waals surface area contributed by atoms with E-state index in [0.29, 0.717) is 19.8 Å². The van der Waals surface area contributed by atoms with Crippen molar-refractivity contribution in [2.45, 2.75) is 13.5 Å². The lowest BCUT2D eigenvalue weighted by Gasteiger charge is -2.21. The van der Waals surface area contributed by atoms with Crippen LogP contribution in [0.4, 0.5) is 0 Å². The largest absolute Gasteiger partial charge is 0.544 e. The van der Waals surface area contributed by atoms with Crippen molar-refractivity contribution < 1.29 is 24.3 Å². The number of hydrogen-bond donors (Lipinski definition) is 1. The van der Waals surface area contributed by atoms with Crippen molar-refractivity contribution >= 4 is 5.97 Å². The van der Waals surface area contributed by atoms with E-state index in [4.69, 9.17) is 9.47 Å². The number of carboxylic acids is 1. The summed E-state index contributed by atoms with van der Waals surface area (Å²) < 4.78 is 10.9. The van der Waals surface area contributed by atoms with Crippen molar-refractivity contribution in [1.29, 1.82) is 0 Å². The number of hydrogen-bond acceptors (Lipinski definition) is 4. The van der Waals surface area contributed by atoms with Gasteiger partial charge in [-0.05, 0) is 25.1 Å². The molecule has 0 saturated heterocycles. The quantitative estimate of drug-likeness (QED) is 0.700. The van der Waals surface area contributed by atoms with Crippen molar-refractivity contribution in [3.8, 4) is 11.5 Å². The molecule has 5 nitrogen and oxygen atoms in total. The first kappa shape index (κ1) is 12.7. The highest BCUT2D eigenvalue weighted by Gasteiger charge is 2.14. The Balaban J connectivity index is 2.06. The Morgan fingerprint density at radius 2 is 2.06 bits per heavy atom. The van der Waals surface area contributed by atoms with Crippen LogP contribution >= 0.6 is 0 Å². The predicted octanol–water partition coefficient (Wildman–Crippen LogP) is -1.39. The smallest absolute Gasteiger partial charge is 0.161 e. The van der Waals surface area contributed by atoms with E-state index in [1.807, 2.05) is 25.1 Å². The molecule has 98 valence electrons. The van der Waals surface area contributed by atoms with Gasteiger partial charge < -0.3 is 24.3 Å². The lowest BCUT2D eigenvalue weighted by molar-refractivity contribution is -0.906. The van der Waals surface area contributed by atoms with Crippen molar-refractivity contribution in [3.05, 3.63) is 23.8 Å². The molecule has 1 atom stereocenters. The molecule has 18 heavy (non-hydrogen) atoms. The minimum atomic E-state index is -1.02. The fourth-order valence-electron chi connectivity index (χ4n) is 2.00. The van der Waals surface area contributed by atoms with Crippen LogP contribution in [0.3, 0.4) is 0 Å². The Morgan fingerprint density at radius 3 is 2.72 bits per heavy atom. The molecule has 1 aromatic rings. The third-order valence-electron chi connectivity index (χ3n) is 2.96. The molecule has 1 N–H and O–H groups in total. The van der Waals surface area contributed by atoms with Gasteiger partial charge in [0.2, 0.25) is 0 Å². The highest BCUT2D eigenvalue weighted by atomic mass is 16.6. The number of carbonyl (C=O) groups excluding carboxylic acids is 1. The van der Waals surface area contributed by atoms with Crippen LogP contribution in [0.1, 0.15) is 12.5 Å². The van der Waals surface area contributed by atoms with E-state index in [0.717, 1.165) is 28.5 Å². The van der Waals surface area contributed by atoms with Crippen LogP contribution in [0.5, 0.6) is 11.5 Å².